The van der Waals surface area contributed by atoms with Crippen molar-refractivity contribution < 1.29 is 29.0 Å². The number of hydrogen-bond donors (Lipinski definition) is 3. The number of phenols is 1. The van der Waals surface area contributed by atoms with E-state index in [4.69, 9.17) is 9.47 Å². The first kappa shape index (κ1) is 26.4. The Morgan fingerprint density at radius 1 is 0.917 bits per heavy atom. The van der Waals surface area contributed by atoms with Crippen LogP contribution in [0.4, 0.5) is 5.69 Å². The van der Waals surface area contributed by atoms with Crippen LogP contribution < -0.4 is 10.6 Å². The lowest BCUT2D eigenvalue weighted by atomic mass is 10.0. The Bertz CT molecular complexity index is 1160. The number of carbonyl (C=O) groups is 3. The van der Waals surface area contributed by atoms with Crippen molar-refractivity contribution in [3.8, 4) is 5.75 Å². The molecule has 3 N–H and O–H groups in total. The average Bonchev–Trinajstić information content (AvgIpc) is 2.86. The average molecular weight is 491 g/mol. The highest BCUT2D eigenvalue weighted by Crippen LogP contribution is 2.28. The number of carbonyl (C=O) groups excluding carboxylic acids is 3. The Morgan fingerprint density at radius 3 is 2.28 bits per heavy atom. The monoisotopic (exact) mass is 490 g/mol. The van der Waals surface area contributed by atoms with Crippen molar-refractivity contribution in [1.82, 2.24) is 5.32 Å². The van der Waals surface area contributed by atoms with Gasteiger partial charge in [0.15, 0.2) is 0 Å². The Hall–Kier alpha value is -4.17. The normalized spacial score (nSPS) is 12.3. The molecule has 3 rings (SSSR count). The molecule has 3 aromatic carbocycles. The molecule has 188 valence electrons. The molecule has 0 bridgehead atoms. The third-order valence-electron chi connectivity index (χ3n) is 5.30. The number of hydrogen-bond acceptors (Lipinski definition) is 6. The molecule has 0 fully saturated rings. The molecule has 0 aliphatic heterocycles. The van der Waals surface area contributed by atoms with Crippen LogP contribution in [-0.4, -0.2) is 42.1 Å². The number of anilines is 1. The summed E-state index contributed by atoms with van der Waals surface area (Å²) in [5, 5.41) is 15.0. The van der Waals surface area contributed by atoms with Crippen LogP contribution in [0.2, 0.25) is 0 Å². The molecule has 8 nitrogen and oxygen atoms in total. The van der Waals surface area contributed by atoms with E-state index in [2.05, 4.69) is 10.6 Å². The molecule has 1 unspecified atom stereocenters. The summed E-state index contributed by atoms with van der Waals surface area (Å²) in [6.07, 6.45) is -0.309. The van der Waals surface area contributed by atoms with Crippen molar-refractivity contribution in [2.24, 2.45) is 0 Å². The van der Waals surface area contributed by atoms with E-state index in [-0.39, 0.29) is 37.2 Å². The van der Waals surface area contributed by atoms with Gasteiger partial charge in [-0.15, -0.1) is 0 Å². The van der Waals surface area contributed by atoms with Crippen LogP contribution in [0.5, 0.6) is 5.75 Å². The highest BCUT2D eigenvalue weighted by Gasteiger charge is 2.22. The molecule has 8 heteroatoms. The van der Waals surface area contributed by atoms with Crippen molar-refractivity contribution in [1.29, 1.82) is 0 Å². The second kappa shape index (κ2) is 13.1. The molecule has 0 aliphatic rings. The summed E-state index contributed by atoms with van der Waals surface area (Å²) in [7, 11) is 0. The second-order valence-electron chi connectivity index (χ2n) is 8.15. The van der Waals surface area contributed by atoms with E-state index in [1.807, 2.05) is 36.4 Å². The third kappa shape index (κ3) is 7.95. The number of aromatic hydroxyl groups is 1. The fraction of sp³-hybridized carbons (Fsp3) is 0.250. The number of ether oxygens (including phenoxy) is 2. The van der Waals surface area contributed by atoms with Gasteiger partial charge in [-0.3, -0.25) is 9.59 Å². The first-order chi connectivity index (χ1) is 17.4. The summed E-state index contributed by atoms with van der Waals surface area (Å²) in [4.78, 5) is 36.7. The van der Waals surface area contributed by atoms with Gasteiger partial charge in [0.2, 0.25) is 11.8 Å². The minimum Gasteiger partial charge on any atom is -0.508 e. The van der Waals surface area contributed by atoms with E-state index in [1.165, 1.54) is 19.1 Å². The van der Waals surface area contributed by atoms with Gasteiger partial charge < -0.3 is 25.2 Å². The summed E-state index contributed by atoms with van der Waals surface area (Å²) in [5.74, 6) is -1.07. The Morgan fingerprint density at radius 2 is 1.61 bits per heavy atom. The van der Waals surface area contributed by atoms with Gasteiger partial charge in [0, 0.05) is 19.0 Å². The zero-order valence-electron chi connectivity index (χ0n) is 20.3. The molecular weight excluding hydrogens is 460 g/mol. The predicted molar refractivity (Wildman–Crippen MR) is 135 cm³/mol. The summed E-state index contributed by atoms with van der Waals surface area (Å²) in [6.45, 7) is 3.12. The zero-order valence-corrected chi connectivity index (χ0v) is 20.3. The van der Waals surface area contributed by atoms with Gasteiger partial charge in [0.25, 0.3) is 0 Å². The first-order valence-electron chi connectivity index (χ1n) is 11.6. The number of esters is 1. The van der Waals surface area contributed by atoms with Gasteiger partial charge >= 0.3 is 5.97 Å². The topological polar surface area (TPSA) is 114 Å². The maximum atomic E-state index is 13.1. The van der Waals surface area contributed by atoms with E-state index < -0.39 is 18.1 Å². The lowest BCUT2D eigenvalue weighted by Gasteiger charge is -2.21. The minimum absolute atomic E-state index is 0.120. The Balaban J connectivity index is 1.79. The van der Waals surface area contributed by atoms with Crippen LogP contribution in [0.1, 0.15) is 36.6 Å². The SMILES string of the molecule is CCOC(=O)COC(c1ccccc1)c1cccc(NC(=O)[C@H](Cc2ccc(O)cc2)NC(C)=O)c1. The molecular formula is C28H30N2O6. The van der Waals surface area contributed by atoms with Gasteiger partial charge in [-0.1, -0.05) is 54.6 Å². The molecule has 0 saturated heterocycles. The van der Waals surface area contributed by atoms with E-state index in [1.54, 1.807) is 37.3 Å². The molecule has 0 aromatic heterocycles. The lowest BCUT2D eigenvalue weighted by Crippen LogP contribution is -2.44. The smallest absolute Gasteiger partial charge is 0.332 e. The second-order valence-corrected chi connectivity index (χ2v) is 8.15. The van der Waals surface area contributed by atoms with Crippen LogP contribution in [0.25, 0.3) is 0 Å². The van der Waals surface area contributed by atoms with Gasteiger partial charge in [-0.25, -0.2) is 4.79 Å². The maximum Gasteiger partial charge on any atom is 0.332 e. The highest BCUT2D eigenvalue weighted by atomic mass is 16.6. The molecule has 0 radical (unpaired) electrons. The van der Waals surface area contributed by atoms with Crippen molar-refractivity contribution in [3.63, 3.8) is 0 Å². The highest BCUT2D eigenvalue weighted by molar-refractivity contribution is 5.97. The standard InChI is InChI=1S/C28H30N2O6/c1-3-35-26(33)18-36-27(21-8-5-4-6-9-21)22-10-7-11-23(17-22)30-28(34)25(29-19(2)31)16-20-12-14-24(32)15-13-20/h4-15,17,25,27,32H,3,16,18H2,1-2H3,(H,29,31)(H,30,34)/t25-,27?/m0/s1. The quantitative estimate of drug-likeness (QED) is 0.353. The number of nitrogens with one attached hydrogen (secondary N) is 2. The Kier molecular flexibility index (Phi) is 9.59. The summed E-state index contributed by atoms with van der Waals surface area (Å²) >= 11 is 0. The molecule has 0 heterocycles. The predicted octanol–water partition coefficient (Wildman–Crippen LogP) is 3.75. The van der Waals surface area contributed by atoms with Crippen molar-refractivity contribution in [2.75, 3.05) is 18.5 Å². The molecule has 2 atom stereocenters. The van der Waals surface area contributed by atoms with Gasteiger partial charge in [0.05, 0.1) is 6.61 Å². The third-order valence-corrected chi connectivity index (χ3v) is 5.30. The van der Waals surface area contributed by atoms with E-state index >= 15 is 0 Å². The van der Waals surface area contributed by atoms with Crippen molar-refractivity contribution in [2.45, 2.75) is 32.4 Å². The number of rotatable bonds is 11. The molecule has 0 saturated carbocycles. The fourth-order valence-electron chi connectivity index (χ4n) is 3.70. The van der Waals surface area contributed by atoms with Crippen LogP contribution in [-0.2, 0) is 30.3 Å². The first-order valence-corrected chi connectivity index (χ1v) is 11.6. The molecule has 36 heavy (non-hydrogen) atoms. The van der Waals surface area contributed by atoms with Crippen LogP contribution in [0, 0.1) is 0 Å². The molecule has 3 aromatic rings. The summed E-state index contributed by atoms with van der Waals surface area (Å²) < 4.78 is 10.9. The van der Waals surface area contributed by atoms with Crippen molar-refractivity contribution >= 4 is 23.5 Å². The molecule has 0 spiro atoms. The van der Waals surface area contributed by atoms with Gasteiger partial charge in [-0.05, 0) is 47.9 Å². The van der Waals surface area contributed by atoms with Crippen LogP contribution in [0.15, 0.2) is 78.9 Å². The summed E-state index contributed by atoms with van der Waals surface area (Å²) in [6, 6.07) is 22.2. The maximum absolute atomic E-state index is 13.1. The largest absolute Gasteiger partial charge is 0.508 e. The Labute approximate surface area is 210 Å². The molecule has 2 amide bonds. The van der Waals surface area contributed by atoms with Gasteiger partial charge in [0.1, 0.15) is 24.5 Å². The zero-order chi connectivity index (χ0) is 25.9. The van der Waals surface area contributed by atoms with E-state index in [9.17, 15) is 19.5 Å². The number of amides is 2. The van der Waals surface area contributed by atoms with E-state index in [0.717, 1.165) is 16.7 Å². The number of phenolic OH excluding ortho intramolecular Hbond substituents is 1. The van der Waals surface area contributed by atoms with Crippen LogP contribution in [0.3, 0.4) is 0 Å². The van der Waals surface area contributed by atoms with Gasteiger partial charge in [-0.2, -0.15) is 0 Å². The molecule has 0 aliphatic carbocycles. The fourth-order valence-corrected chi connectivity index (χ4v) is 3.70. The van der Waals surface area contributed by atoms with E-state index in [0.29, 0.717) is 5.69 Å². The summed E-state index contributed by atoms with van der Waals surface area (Å²) in [5.41, 5.74) is 2.87. The number of benzene rings is 3. The minimum atomic E-state index is -0.819. The lowest BCUT2D eigenvalue weighted by molar-refractivity contribution is -0.149. The van der Waals surface area contributed by atoms with Crippen molar-refractivity contribution in [3.05, 3.63) is 95.6 Å². The van der Waals surface area contributed by atoms with Crippen LogP contribution >= 0.6 is 0 Å².